The summed E-state index contributed by atoms with van der Waals surface area (Å²) in [5.41, 5.74) is 1.15. The molecule has 4 heteroatoms. The Bertz CT molecular complexity index is 779. The van der Waals surface area contributed by atoms with E-state index in [0.717, 1.165) is 27.5 Å². The van der Waals surface area contributed by atoms with E-state index in [2.05, 4.69) is 5.92 Å². The maximum Gasteiger partial charge on any atom is 0.416 e. The Morgan fingerprint density at radius 3 is 2.48 bits per heavy atom. The van der Waals surface area contributed by atoms with Gasteiger partial charge in [-0.1, -0.05) is 35.9 Å². The molecule has 0 atom stereocenters. The van der Waals surface area contributed by atoms with Crippen LogP contribution in [0.15, 0.2) is 52.3 Å². The number of hydrogen-bond acceptors (Lipinski definition) is 1. The second kappa shape index (κ2) is 5.01. The summed E-state index contributed by atoms with van der Waals surface area (Å²) in [7, 11) is 0. The zero-order valence-electron chi connectivity index (χ0n) is 10.7. The number of alkyl halides is 3. The van der Waals surface area contributed by atoms with Crippen LogP contribution in [0.5, 0.6) is 0 Å². The molecule has 0 bridgehead atoms. The molecule has 0 fully saturated rings. The molecule has 0 N–H and O–H groups in total. The Balaban J connectivity index is 2.22. The van der Waals surface area contributed by atoms with Crippen molar-refractivity contribution in [3.63, 3.8) is 0 Å². The molecule has 0 unspecified atom stereocenters. The first-order valence-electron chi connectivity index (χ1n) is 6.16. The highest BCUT2D eigenvalue weighted by atomic mass is 32.2. The SMILES string of the molecule is C#CC1=Cc2ccccc2Sc2ccc(C(F)(F)F)cc21. The molecule has 1 heterocycles. The Hall–Kier alpha value is -2.12. The number of terminal acetylenes is 1. The van der Waals surface area contributed by atoms with Crippen LogP contribution in [-0.2, 0) is 6.18 Å². The minimum Gasteiger partial charge on any atom is -0.166 e. The summed E-state index contributed by atoms with van der Waals surface area (Å²) in [4.78, 5) is 1.71. The molecular formula is C17H9F3S. The van der Waals surface area contributed by atoms with Gasteiger partial charge in [0.1, 0.15) is 0 Å². The normalized spacial score (nSPS) is 13.5. The van der Waals surface area contributed by atoms with Gasteiger partial charge in [-0.15, -0.1) is 6.42 Å². The lowest BCUT2D eigenvalue weighted by Crippen LogP contribution is -2.05. The monoisotopic (exact) mass is 302 g/mol. The molecule has 3 rings (SSSR count). The van der Waals surface area contributed by atoms with Crippen LogP contribution in [0.25, 0.3) is 11.6 Å². The third kappa shape index (κ3) is 2.57. The van der Waals surface area contributed by atoms with E-state index in [1.54, 1.807) is 6.08 Å². The Morgan fingerprint density at radius 1 is 1.00 bits per heavy atom. The molecule has 2 aromatic rings. The predicted molar refractivity (Wildman–Crippen MR) is 78.7 cm³/mol. The molecule has 104 valence electrons. The van der Waals surface area contributed by atoms with E-state index in [0.29, 0.717) is 11.1 Å². The predicted octanol–water partition coefficient (Wildman–Crippen LogP) is 5.34. The van der Waals surface area contributed by atoms with Gasteiger partial charge in [-0.05, 0) is 35.9 Å². The van der Waals surface area contributed by atoms with Crippen molar-refractivity contribution >= 4 is 23.4 Å². The summed E-state index contributed by atoms with van der Waals surface area (Å²) in [5, 5.41) is 0. The maximum absolute atomic E-state index is 12.9. The summed E-state index contributed by atoms with van der Waals surface area (Å²) in [6.07, 6.45) is 2.88. The first-order valence-corrected chi connectivity index (χ1v) is 6.97. The molecule has 0 spiro atoms. The fraction of sp³-hybridized carbons (Fsp3) is 0.0588. The van der Waals surface area contributed by atoms with Gasteiger partial charge in [-0.3, -0.25) is 0 Å². The molecule has 0 radical (unpaired) electrons. The van der Waals surface area contributed by atoms with Crippen molar-refractivity contribution in [1.82, 2.24) is 0 Å². The summed E-state index contributed by atoms with van der Waals surface area (Å²) in [5.74, 6) is 2.50. The highest BCUT2D eigenvalue weighted by Gasteiger charge is 2.31. The second-order valence-corrected chi connectivity index (χ2v) is 5.63. The van der Waals surface area contributed by atoms with Crippen LogP contribution in [0.3, 0.4) is 0 Å². The van der Waals surface area contributed by atoms with Gasteiger partial charge in [0.05, 0.1) is 5.56 Å². The van der Waals surface area contributed by atoms with Crippen molar-refractivity contribution in [2.75, 3.05) is 0 Å². The van der Waals surface area contributed by atoms with Crippen LogP contribution in [0.1, 0.15) is 16.7 Å². The van der Waals surface area contributed by atoms with E-state index in [1.807, 2.05) is 24.3 Å². The highest BCUT2D eigenvalue weighted by Crippen LogP contribution is 2.42. The summed E-state index contributed by atoms with van der Waals surface area (Å²) >= 11 is 1.43. The van der Waals surface area contributed by atoms with Gasteiger partial charge in [0.15, 0.2) is 0 Å². The molecule has 0 amide bonds. The standard InChI is InChI=1S/C17H9F3S/c1-2-11-9-12-5-3-4-6-15(12)21-16-8-7-13(10-14(11)16)17(18,19)20/h1,3-10H. The summed E-state index contributed by atoms with van der Waals surface area (Å²) in [6.45, 7) is 0. The van der Waals surface area contributed by atoms with Crippen LogP contribution in [0.2, 0.25) is 0 Å². The van der Waals surface area contributed by atoms with Gasteiger partial charge in [-0.2, -0.15) is 13.2 Å². The van der Waals surface area contributed by atoms with E-state index in [4.69, 9.17) is 6.42 Å². The van der Waals surface area contributed by atoms with Crippen LogP contribution < -0.4 is 0 Å². The lowest BCUT2D eigenvalue weighted by atomic mass is 10.0. The van der Waals surface area contributed by atoms with E-state index < -0.39 is 11.7 Å². The molecular weight excluding hydrogens is 293 g/mol. The van der Waals surface area contributed by atoms with Crippen molar-refractivity contribution in [1.29, 1.82) is 0 Å². The van der Waals surface area contributed by atoms with Crippen LogP contribution in [-0.4, -0.2) is 0 Å². The number of rotatable bonds is 0. The fourth-order valence-electron chi connectivity index (χ4n) is 2.17. The average Bonchev–Trinajstić information content (AvgIpc) is 2.61. The topological polar surface area (TPSA) is 0 Å². The quantitative estimate of drug-likeness (QED) is 0.592. The Labute approximate surface area is 124 Å². The molecule has 2 aromatic carbocycles. The van der Waals surface area contributed by atoms with Gasteiger partial charge in [0.25, 0.3) is 0 Å². The second-order valence-electron chi connectivity index (χ2n) is 4.55. The molecule has 21 heavy (non-hydrogen) atoms. The average molecular weight is 302 g/mol. The number of benzene rings is 2. The number of hydrogen-bond donors (Lipinski definition) is 0. The van der Waals surface area contributed by atoms with Crippen molar-refractivity contribution in [3.8, 4) is 12.3 Å². The maximum atomic E-state index is 12.9. The number of fused-ring (bicyclic) bond motifs is 2. The van der Waals surface area contributed by atoms with E-state index >= 15 is 0 Å². The van der Waals surface area contributed by atoms with Crippen LogP contribution in [0.4, 0.5) is 13.2 Å². The first-order chi connectivity index (χ1) is 9.99. The minimum absolute atomic E-state index is 0.452. The first kappa shape index (κ1) is 13.8. The molecule has 0 aromatic heterocycles. The lowest BCUT2D eigenvalue weighted by Gasteiger charge is -2.11. The molecule has 0 saturated carbocycles. The van der Waals surface area contributed by atoms with Crippen LogP contribution >= 0.6 is 11.8 Å². The lowest BCUT2D eigenvalue weighted by molar-refractivity contribution is -0.137. The summed E-state index contributed by atoms with van der Waals surface area (Å²) in [6, 6.07) is 11.3. The zero-order valence-corrected chi connectivity index (χ0v) is 11.6. The Morgan fingerprint density at radius 2 is 1.76 bits per heavy atom. The zero-order chi connectivity index (χ0) is 15.0. The molecule has 0 aliphatic carbocycles. The van der Waals surface area contributed by atoms with Gasteiger partial charge in [-0.25, -0.2) is 0 Å². The van der Waals surface area contributed by atoms with E-state index in [9.17, 15) is 13.2 Å². The molecule has 0 nitrogen and oxygen atoms in total. The Kier molecular flexibility index (Phi) is 3.30. The molecule has 1 aliphatic heterocycles. The van der Waals surface area contributed by atoms with E-state index in [-0.39, 0.29) is 0 Å². The molecule has 1 aliphatic rings. The largest absolute Gasteiger partial charge is 0.416 e. The van der Waals surface area contributed by atoms with Crippen molar-refractivity contribution in [2.24, 2.45) is 0 Å². The van der Waals surface area contributed by atoms with Gasteiger partial charge >= 0.3 is 6.18 Å². The van der Waals surface area contributed by atoms with Gasteiger partial charge < -0.3 is 0 Å². The minimum atomic E-state index is -4.38. The van der Waals surface area contributed by atoms with Crippen molar-refractivity contribution < 1.29 is 13.2 Å². The fourth-order valence-corrected chi connectivity index (χ4v) is 3.21. The van der Waals surface area contributed by atoms with Gasteiger partial charge in [0.2, 0.25) is 0 Å². The van der Waals surface area contributed by atoms with E-state index in [1.165, 1.54) is 17.8 Å². The summed E-state index contributed by atoms with van der Waals surface area (Å²) < 4.78 is 38.6. The van der Waals surface area contributed by atoms with Crippen molar-refractivity contribution in [2.45, 2.75) is 16.0 Å². The van der Waals surface area contributed by atoms with Crippen LogP contribution in [0, 0.1) is 12.3 Å². The molecule has 0 saturated heterocycles. The highest BCUT2D eigenvalue weighted by molar-refractivity contribution is 7.99. The third-order valence-corrected chi connectivity index (χ3v) is 4.36. The third-order valence-electron chi connectivity index (χ3n) is 3.19. The number of allylic oxidation sites excluding steroid dienone is 1. The van der Waals surface area contributed by atoms with Gasteiger partial charge in [0, 0.05) is 20.9 Å². The van der Waals surface area contributed by atoms with Crippen molar-refractivity contribution in [3.05, 3.63) is 59.2 Å². The smallest absolute Gasteiger partial charge is 0.166 e. The number of halogens is 3.